The minimum atomic E-state index is -0.572. The Hall–Kier alpha value is -1.16. The van der Waals surface area contributed by atoms with Crippen LogP contribution in [0.3, 0.4) is 0 Å². The van der Waals surface area contributed by atoms with Gasteiger partial charge in [-0.3, -0.25) is 4.79 Å². The van der Waals surface area contributed by atoms with E-state index in [4.69, 9.17) is 14.0 Å². The van der Waals surface area contributed by atoms with Gasteiger partial charge in [0.25, 0.3) is 0 Å². The number of aromatic nitrogens is 1. The molecule has 2 heterocycles. The average Bonchev–Trinajstić information content (AvgIpc) is 3.00. The third-order valence-corrected chi connectivity index (χ3v) is 6.55. The van der Waals surface area contributed by atoms with Crippen LogP contribution in [0.25, 0.3) is 6.08 Å². The maximum atomic E-state index is 12.0. The molecule has 27 heavy (non-hydrogen) atoms. The van der Waals surface area contributed by atoms with E-state index in [9.17, 15) is 9.59 Å². The minimum Gasteiger partial charge on any atom is -0.462 e. The molecule has 1 aromatic rings. The number of ether oxygens (including phenoxy) is 1. The zero-order valence-electron chi connectivity index (χ0n) is 16.9. The van der Waals surface area contributed by atoms with Crippen LogP contribution in [0.2, 0.25) is 0 Å². The summed E-state index contributed by atoms with van der Waals surface area (Å²) in [5.41, 5.74) is 0.467. The van der Waals surface area contributed by atoms with Crippen molar-refractivity contribution in [1.82, 2.24) is 4.98 Å². The Morgan fingerprint density at radius 1 is 1.26 bits per heavy atom. The summed E-state index contributed by atoms with van der Waals surface area (Å²) in [7, 11) is -0.572. The SMILES string of the molecule is CCOC(=O)c1sc(C=C(CSC(C)=O)B2OC(C)(C)C(C)(C)O2)nc1C. The van der Waals surface area contributed by atoms with E-state index in [1.54, 1.807) is 13.8 Å². The first kappa shape index (κ1) is 22.1. The summed E-state index contributed by atoms with van der Waals surface area (Å²) >= 11 is 2.45. The molecule has 0 aliphatic carbocycles. The lowest BCUT2D eigenvalue weighted by molar-refractivity contribution is -0.109. The molecule has 1 aliphatic heterocycles. The van der Waals surface area contributed by atoms with Crippen LogP contribution in [0.15, 0.2) is 5.47 Å². The zero-order valence-corrected chi connectivity index (χ0v) is 18.5. The fourth-order valence-electron chi connectivity index (χ4n) is 2.38. The van der Waals surface area contributed by atoms with Gasteiger partial charge in [0.1, 0.15) is 9.88 Å². The standard InChI is InChI=1S/C18H26BNO5S2/c1-8-23-16(22)15-11(2)20-14(27-15)9-13(10-26-12(3)21)19-24-17(4,5)18(6,7)25-19/h9H,8,10H2,1-7H3. The van der Waals surface area contributed by atoms with E-state index in [-0.39, 0.29) is 11.1 Å². The smallest absolute Gasteiger partial charge is 0.462 e. The molecule has 0 spiro atoms. The van der Waals surface area contributed by atoms with E-state index in [1.807, 2.05) is 33.8 Å². The van der Waals surface area contributed by atoms with Gasteiger partial charge in [0.15, 0.2) is 5.12 Å². The summed E-state index contributed by atoms with van der Waals surface area (Å²) in [6.07, 6.45) is 1.85. The van der Waals surface area contributed by atoms with Gasteiger partial charge in [-0.25, -0.2) is 9.78 Å². The lowest BCUT2D eigenvalue weighted by Gasteiger charge is -2.32. The van der Waals surface area contributed by atoms with Gasteiger partial charge in [-0.2, -0.15) is 0 Å². The lowest BCUT2D eigenvalue weighted by atomic mass is 9.79. The van der Waals surface area contributed by atoms with Crippen LogP contribution in [0, 0.1) is 6.92 Å². The summed E-state index contributed by atoms with van der Waals surface area (Å²) in [6, 6.07) is 0. The summed E-state index contributed by atoms with van der Waals surface area (Å²) in [4.78, 5) is 28.4. The maximum Gasteiger partial charge on any atom is 0.491 e. The number of hydrogen-bond acceptors (Lipinski definition) is 8. The van der Waals surface area contributed by atoms with E-state index >= 15 is 0 Å². The second kappa shape index (κ2) is 8.47. The van der Waals surface area contributed by atoms with Gasteiger partial charge < -0.3 is 14.0 Å². The van der Waals surface area contributed by atoms with Gasteiger partial charge in [-0.15, -0.1) is 11.3 Å². The number of carbonyl (C=O) groups excluding carboxylic acids is 2. The number of hydrogen-bond donors (Lipinski definition) is 0. The number of carbonyl (C=O) groups is 2. The van der Waals surface area contributed by atoms with E-state index in [1.165, 1.54) is 30.0 Å². The van der Waals surface area contributed by atoms with Crippen molar-refractivity contribution >= 4 is 47.4 Å². The maximum absolute atomic E-state index is 12.0. The Morgan fingerprint density at radius 2 is 1.85 bits per heavy atom. The van der Waals surface area contributed by atoms with Crippen molar-refractivity contribution in [2.24, 2.45) is 0 Å². The number of thiazole rings is 1. The molecule has 0 radical (unpaired) electrons. The molecule has 0 N–H and O–H groups in total. The van der Waals surface area contributed by atoms with E-state index < -0.39 is 18.3 Å². The molecule has 1 fully saturated rings. The first-order valence-electron chi connectivity index (χ1n) is 8.81. The third kappa shape index (κ3) is 5.22. The predicted molar refractivity (Wildman–Crippen MR) is 110 cm³/mol. The number of aryl methyl sites for hydroxylation is 1. The van der Waals surface area contributed by atoms with Crippen LogP contribution in [-0.2, 0) is 18.8 Å². The molecular weight excluding hydrogens is 385 g/mol. The van der Waals surface area contributed by atoms with Gasteiger partial charge in [0.05, 0.1) is 23.5 Å². The summed E-state index contributed by atoms with van der Waals surface area (Å²) in [5, 5.41) is 0.671. The highest BCUT2D eigenvalue weighted by Crippen LogP contribution is 2.39. The Labute approximate surface area is 169 Å². The van der Waals surface area contributed by atoms with Crippen molar-refractivity contribution in [2.45, 2.75) is 59.7 Å². The molecule has 0 aromatic carbocycles. The first-order valence-corrected chi connectivity index (χ1v) is 10.6. The van der Waals surface area contributed by atoms with Crippen molar-refractivity contribution in [1.29, 1.82) is 0 Å². The second-order valence-electron chi connectivity index (χ2n) is 7.27. The Bertz CT molecular complexity index is 741. The number of rotatable bonds is 6. The zero-order chi connectivity index (χ0) is 20.4. The highest BCUT2D eigenvalue weighted by Gasteiger charge is 2.52. The molecule has 0 atom stereocenters. The normalized spacial score (nSPS) is 18.6. The number of thioether (sulfide) groups is 1. The second-order valence-corrected chi connectivity index (χ2v) is 9.46. The molecule has 0 amide bonds. The predicted octanol–water partition coefficient (Wildman–Crippen LogP) is 3.92. The molecule has 6 nitrogen and oxygen atoms in total. The number of esters is 1. The molecule has 9 heteroatoms. The minimum absolute atomic E-state index is 0.0138. The highest BCUT2D eigenvalue weighted by atomic mass is 32.2. The van der Waals surface area contributed by atoms with Crippen LogP contribution in [0.5, 0.6) is 0 Å². The van der Waals surface area contributed by atoms with Crippen LogP contribution in [0.1, 0.15) is 61.9 Å². The summed E-state index contributed by atoms with van der Waals surface area (Å²) < 4.78 is 17.3. The fourth-order valence-corrected chi connectivity index (χ4v) is 3.91. The van der Waals surface area contributed by atoms with Crippen molar-refractivity contribution in [3.05, 3.63) is 21.1 Å². The fraction of sp³-hybridized carbons (Fsp3) is 0.611. The number of nitrogens with zero attached hydrogens (tertiary/aromatic N) is 1. The van der Waals surface area contributed by atoms with Gasteiger partial charge in [0, 0.05) is 12.7 Å². The van der Waals surface area contributed by atoms with Crippen molar-refractivity contribution in [2.75, 3.05) is 12.4 Å². The molecule has 148 valence electrons. The monoisotopic (exact) mass is 411 g/mol. The van der Waals surface area contributed by atoms with E-state index in [2.05, 4.69) is 4.98 Å². The van der Waals surface area contributed by atoms with Gasteiger partial charge >= 0.3 is 13.1 Å². The quantitative estimate of drug-likeness (QED) is 0.519. The Balaban J connectivity index is 2.33. The molecule has 2 rings (SSSR count). The molecule has 1 saturated heterocycles. The van der Waals surface area contributed by atoms with Crippen LogP contribution < -0.4 is 0 Å². The molecular formula is C18H26BNO5S2. The van der Waals surface area contributed by atoms with Crippen LogP contribution >= 0.6 is 23.1 Å². The third-order valence-electron chi connectivity index (χ3n) is 4.58. The van der Waals surface area contributed by atoms with Gasteiger partial charge in [0.2, 0.25) is 0 Å². The largest absolute Gasteiger partial charge is 0.491 e. The topological polar surface area (TPSA) is 74.7 Å². The van der Waals surface area contributed by atoms with Crippen LogP contribution in [-0.4, -0.2) is 46.7 Å². The van der Waals surface area contributed by atoms with Crippen LogP contribution in [0.4, 0.5) is 0 Å². The lowest BCUT2D eigenvalue weighted by Crippen LogP contribution is -2.41. The van der Waals surface area contributed by atoms with Crippen molar-refractivity contribution < 1.29 is 23.6 Å². The molecule has 1 aliphatic rings. The highest BCUT2D eigenvalue weighted by molar-refractivity contribution is 8.13. The van der Waals surface area contributed by atoms with Gasteiger partial charge in [-0.1, -0.05) is 11.8 Å². The summed E-state index contributed by atoms with van der Waals surface area (Å²) in [5.74, 6) is 0.0573. The Kier molecular flexibility index (Phi) is 6.94. The van der Waals surface area contributed by atoms with Crippen molar-refractivity contribution in [3.63, 3.8) is 0 Å². The Morgan fingerprint density at radius 3 is 2.37 bits per heavy atom. The van der Waals surface area contributed by atoms with E-state index in [0.29, 0.717) is 27.9 Å². The molecule has 0 bridgehead atoms. The summed E-state index contributed by atoms with van der Waals surface area (Å²) in [6.45, 7) is 13.3. The van der Waals surface area contributed by atoms with E-state index in [0.717, 1.165) is 5.47 Å². The molecule has 1 aromatic heterocycles. The van der Waals surface area contributed by atoms with Crippen molar-refractivity contribution in [3.8, 4) is 0 Å². The van der Waals surface area contributed by atoms with Gasteiger partial charge in [-0.05, 0) is 53.1 Å². The average molecular weight is 411 g/mol. The molecule has 0 unspecified atom stereocenters. The first-order chi connectivity index (χ1) is 12.5. The molecule has 0 saturated carbocycles.